The fraction of sp³-hybridized carbons (Fsp3) is 0.231. The van der Waals surface area contributed by atoms with Gasteiger partial charge in [-0.1, -0.05) is 0 Å². The molecule has 0 aliphatic heterocycles. The van der Waals surface area contributed by atoms with Crippen LogP contribution >= 0.6 is 22.6 Å². The van der Waals surface area contributed by atoms with Crippen LogP contribution in [0.15, 0.2) is 24.4 Å². The smallest absolute Gasteiger partial charge is 0.161 e. The van der Waals surface area contributed by atoms with E-state index in [1.165, 1.54) is 0 Å². The van der Waals surface area contributed by atoms with Crippen LogP contribution in [-0.4, -0.2) is 31.2 Å². The van der Waals surface area contributed by atoms with Crippen LogP contribution in [0.3, 0.4) is 0 Å². The van der Waals surface area contributed by atoms with Crippen molar-refractivity contribution < 1.29 is 9.47 Å². The highest BCUT2D eigenvalue weighted by molar-refractivity contribution is 14.1. The normalized spacial score (nSPS) is 10.1. The van der Waals surface area contributed by atoms with Gasteiger partial charge in [0.25, 0.3) is 0 Å². The highest BCUT2D eigenvalue weighted by Crippen LogP contribution is 2.31. The number of methoxy groups -OCH3 is 2. The van der Waals surface area contributed by atoms with E-state index in [9.17, 15) is 0 Å². The van der Waals surface area contributed by atoms with Crippen LogP contribution in [0.1, 0.15) is 0 Å². The Bertz CT molecular complexity index is 590. The second-order valence-electron chi connectivity index (χ2n) is 3.71. The molecule has 100 valence electrons. The van der Waals surface area contributed by atoms with Crippen molar-refractivity contribution in [1.29, 1.82) is 0 Å². The Kier molecular flexibility index (Phi) is 4.41. The SMILES string of the molecule is CNc1nc(-c2ccc(OC)c(OC)c2)ncc1I. The summed E-state index contributed by atoms with van der Waals surface area (Å²) >= 11 is 2.19. The number of hydrogen-bond acceptors (Lipinski definition) is 5. The van der Waals surface area contributed by atoms with Gasteiger partial charge in [0.05, 0.1) is 17.8 Å². The molecule has 0 aliphatic rings. The Labute approximate surface area is 125 Å². The molecule has 0 saturated carbocycles. The zero-order valence-corrected chi connectivity index (χ0v) is 13.1. The minimum absolute atomic E-state index is 0.644. The van der Waals surface area contributed by atoms with Gasteiger partial charge < -0.3 is 14.8 Å². The molecule has 0 fully saturated rings. The summed E-state index contributed by atoms with van der Waals surface area (Å²) in [5, 5.41) is 3.04. The summed E-state index contributed by atoms with van der Waals surface area (Å²) in [5.41, 5.74) is 0.880. The minimum Gasteiger partial charge on any atom is -0.493 e. The van der Waals surface area contributed by atoms with Crippen LogP contribution in [0.5, 0.6) is 11.5 Å². The lowest BCUT2D eigenvalue weighted by atomic mass is 10.2. The third kappa shape index (κ3) is 2.89. The molecule has 1 heterocycles. The van der Waals surface area contributed by atoms with E-state index in [1.807, 2.05) is 25.2 Å². The van der Waals surface area contributed by atoms with Crippen LogP contribution in [0.2, 0.25) is 0 Å². The Morgan fingerprint density at radius 1 is 1.16 bits per heavy atom. The Balaban J connectivity index is 2.47. The van der Waals surface area contributed by atoms with Gasteiger partial charge in [-0.25, -0.2) is 9.97 Å². The summed E-state index contributed by atoms with van der Waals surface area (Å²) in [6.45, 7) is 0. The summed E-state index contributed by atoms with van der Waals surface area (Å²) in [5.74, 6) is 2.80. The van der Waals surface area contributed by atoms with E-state index in [2.05, 4.69) is 37.9 Å². The number of halogens is 1. The second-order valence-corrected chi connectivity index (χ2v) is 4.87. The molecule has 0 amide bonds. The summed E-state index contributed by atoms with van der Waals surface area (Å²) in [6, 6.07) is 5.61. The van der Waals surface area contributed by atoms with Crippen molar-refractivity contribution in [3.63, 3.8) is 0 Å². The molecular weight excluding hydrogens is 357 g/mol. The molecule has 19 heavy (non-hydrogen) atoms. The molecule has 1 aromatic carbocycles. The fourth-order valence-corrected chi connectivity index (χ4v) is 2.19. The Hall–Kier alpha value is -1.57. The molecule has 0 bridgehead atoms. The van der Waals surface area contributed by atoms with Gasteiger partial charge in [-0.15, -0.1) is 0 Å². The zero-order chi connectivity index (χ0) is 13.8. The van der Waals surface area contributed by atoms with E-state index >= 15 is 0 Å². The van der Waals surface area contributed by atoms with Crippen molar-refractivity contribution in [2.75, 3.05) is 26.6 Å². The molecule has 0 atom stereocenters. The van der Waals surface area contributed by atoms with Gasteiger partial charge in [-0.05, 0) is 40.8 Å². The van der Waals surface area contributed by atoms with Crippen molar-refractivity contribution in [1.82, 2.24) is 9.97 Å². The number of nitrogens with one attached hydrogen (secondary N) is 1. The van der Waals surface area contributed by atoms with Gasteiger partial charge in [0.15, 0.2) is 17.3 Å². The number of anilines is 1. The van der Waals surface area contributed by atoms with Crippen LogP contribution in [0.4, 0.5) is 5.82 Å². The molecule has 0 radical (unpaired) electrons. The lowest BCUT2D eigenvalue weighted by molar-refractivity contribution is 0.355. The van der Waals surface area contributed by atoms with Crippen molar-refractivity contribution in [2.24, 2.45) is 0 Å². The highest BCUT2D eigenvalue weighted by atomic mass is 127. The fourth-order valence-electron chi connectivity index (χ4n) is 1.66. The summed E-state index contributed by atoms with van der Waals surface area (Å²) in [6.07, 6.45) is 1.78. The molecule has 0 unspecified atom stereocenters. The Morgan fingerprint density at radius 3 is 2.53 bits per heavy atom. The molecule has 2 aromatic rings. The van der Waals surface area contributed by atoms with Gasteiger partial charge in [0, 0.05) is 18.8 Å². The molecule has 2 rings (SSSR count). The van der Waals surface area contributed by atoms with Crippen LogP contribution in [-0.2, 0) is 0 Å². The molecule has 0 aliphatic carbocycles. The Morgan fingerprint density at radius 2 is 1.89 bits per heavy atom. The van der Waals surface area contributed by atoms with Gasteiger partial charge in [-0.3, -0.25) is 0 Å². The van der Waals surface area contributed by atoms with Crippen LogP contribution in [0, 0.1) is 3.57 Å². The number of nitrogens with zero attached hydrogens (tertiary/aromatic N) is 2. The van der Waals surface area contributed by atoms with Crippen molar-refractivity contribution in [2.45, 2.75) is 0 Å². The minimum atomic E-state index is 0.644. The molecule has 6 heteroatoms. The van der Waals surface area contributed by atoms with E-state index in [1.54, 1.807) is 20.4 Å². The number of ether oxygens (including phenoxy) is 2. The lowest BCUT2D eigenvalue weighted by Gasteiger charge is -2.10. The second kappa shape index (κ2) is 6.05. The number of benzene rings is 1. The maximum Gasteiger partial charge on any atom is 0.161 e. The first-order chi connectivity index (χ1) is 9.19. The molecule has 0 spiro atoms. The third-order valence-corrected chi connectivity index (χ3v) is 3.41. The predicted molar refractivity (Wildman–Crippen MR) is 82.8 cm³/mol. The number of aromatic nitrogens is 2. The largest absolute Gasteiger partial charge is 0.493 e. The van der Waals surface area contributed by atoms with E-state index in [0.29, 0.717) is 17.3 Å². The number of hydrogen-bond donors (Lipinski definition) is 1. The van der Waals surface area contributed by atoms with Gasteiger partial charge in [0.1, 0.15) is 5.82 Å². The summed E-state index contributed by atoms with van der Waals surface area (Å²) in [4.78, 5) is 8.80. The zero-order valence-electron chi connectivity index (χ0n) is 10.9. The first-order valence-corrected chi connectivity index (χ1v) is 6.70. The van der Waals surface area contributed by atoms with E-state index < -0.39 is 0 Å². The first kappa shape index (κ1) is 13.9. The molecule has 1 aromatic heterocycles. The summed E-state index contributed by atoms with van der Waals surface area (Å²) < 4.78 is 11.5. The van der Waals surface area contributed by atoms with Gasteiger partial charge in [0.2, 0.25) is 0 Å². The third-order valence-electron chi connectivity index (χ3n) is 2.62. The number of rotatable bonds is 4. The molecule has 5 nitrogen and oxygen atoms in total. The average Bonchev–Trinajstić information content (AvgIpc) is 2.47. The maximum absolute atomic E-state index is 5.28. The van der Waals surface area contributed by atoms with Crippen LogP contribution < -0.4 is 14.8 Å². The highest BCUT2D eigenvalue weighted by Gasteiger charge is 2.10. The first-order valence-electron chi connectivity index (χ1n) is 5.62. The monoisotopic (exact) mass is 371 g/mol. The molecular formula is C13H14IN3O2. The van der Waals surface area contributed by atoms with E-state index in [0.717, 1.165) is 15.0 Å². The topological polar surface area (TPSA) is 56.3 Å². The van der Waals surface area contributed by atoms with Gasteiger partial charge in [-0.2, -0.15) is 0 Å². The van der Waals surface area contributed by atoms with E-state index in [-0.39, 0.29) is 0 Å². The van der Waals surface area contributed by atoms with Crippen molar-refractivity contribution >= 4 is 28.4 Å². The molecule has 0 saturated heterocycles. The van der Waals surface area contributed by atoms with Crippen LogP contribution in [0.25, 0.3) is 11.4 Å². The van der Waals surface area contributed by atoms with Crippen molar-refractivity contribution in [3.05, 3.63) is 28.0 Å². The van der Waals surface area contributed by atoms with Crippen molar-refractivity contribution in [3.8, 4) is 22.9 Å². The van der Waals surface area contributed by atoms with Gasteiger partial charge >= 0.3 is 0 Å². The lowest BCUT2D eigenvalue weighted by Crippen LogP contribution is -1.99. The van der Waals surface area contributed by atoms with E-state index in [4.69, 9.17) is 9.47 Å². The maximum atomic E-state index is 5.28. The standard InChI is InChI=1S/C13H14IN3O2/c1-15-13-9(14)7-16-12(17-13)8-4-5-10(18-2)11(6-8)19-3/h4-7H,1-3H3,(H,15,16,17). The average molecular weight is 371 g/mol. The predicted octanol–water partition coefficient (Wildman–Crippen LogP) is 2.81. The molecule has 1 N–H and O–H groups in total. The quantitative estimate of drug-likeness (QED) is 0.838. The summed E-state index contributed by atoms with van der Waals surface area (Å²) in [7, 11) is 5.05.